The lowest BCUT2D eigenvalue weighted by Crippen LogP contribution is -2.47. The third-order valence-electron chi connectivity index (χ3n) is 3.17. The van der Waals surface area contributed by atoms with Crippen molar-refractivity contribution in [1.29, 1.82) is 0 Å². The maximum absolute atomic E-state index is 12.3. The van der Waals surface area contributed by atoms with Crippen molar-refractivity contribution in [3.63, 3.8) is 0 Å². The van der Waals surface area contributed by atoms with Crippen LogP contribution in [0.15, 0.2) is 31.8 Å². The van der Waals surface area contributed by atoms with E-state index in [1.165, 1.54) is 13.2 Å². The molecule has 0 aliphatic carbocycles. The van der Waals surface area contributed by atoms with Gasteiger partial charge in [-0.3, -0.25) is 34.1 Å². The maximum Gasteiger partial charge on any atom is 0.282 e. The summed E-state index contributed by atoms with van der Waals surface area (Å²) in [5.74, 6) is -1.07. The maximum atomic E-state index is 12.3. The van der Waals surface area contributed by atoms with E-state index in [1.807, 2.05) is 13.8 Å². The van der Waals surface area contributed by atoms with Crippen molar-refractivity contribution in [2.24, 2.45) is 9.98 Å². The molecule has 2 heterocycles. The van der Waals surface area contributed by atoms with Gasteiger partial charge < -0.3 is 0 Å². The third kappa shape index (κ3) is 3.58. The van der Waals surface area contributed by atoms with Crippen molar-refractivity contribution in [2.75, 3.05) is 7.05 Å². The van der Waals surface area contributed by atoms with E-state index in [0.717, 1.165) is 4.57 Å². The Morgan fingerprint density at radius 2 is 1.74 bits per heavy atom. The van der Waals surface area contributed by atoms with Gasteiger partial charge in [0.05, 0.1) is 0 Å². The molecule has 2 amide bonds. The van der Waals surface area contributed by atoms with E-state index in [0.29, 0.717) is 0 Å². The lowest BCUT2D eigenvalue weighted by Gasteiger charge is -2.20. The molecule has 1 fully saturated rings. The minimum atomic E-state index is -1.00. The predicted molar refractivity (Wildman–Crippen MR) is 84.0 cm³/mol. The van der Waals surface area contributed by atoms with Crippen LogP contribution >= 0.6 is 0 Å². The van der Waals surface area contributed by atoms with Gasteiger partial charge >= 0.3 is 0 Å². The molecule has 8 heteroatoms. The molecular formula is C15H20N4O4. The Labute approximate surface area is 132 Å². The minimum Gasteiger partial charge on any atom is -0.295 e. The molecule has 0 saturated carbocycles. The van der Waals surface area contributed by atoms with Gasteiger partial charge in [-0.2, -0.15) is 0 Å². The van der Waals surface area contributed by atoms with Crippen molar-refractivity contribution < 1.29 is 9.59 Å². The largest absolute Gasteiger partial charge is 0.295 e. The van der Waals surface area contributed by atoms with Crippen molar-refractivity contribution in [2.45, 2.75) is 39.7 Å². The van der Waals surface area contributed by atoms with Crippen LogP contribution in [0.2, 0.25) is 0 Å². The van der Waals surface area contributed by atoms with Gasteiger partial charge in [-0.1, -0.05) is 19.9 Å². The first kappa shape index (κ1) is 18.4. The number of piperidine rings is 1. The Balaban J connectivity index is 0.00000127. The number of allylic oxidation sites excluding steroid dienone is 1. The zero-order valence-corrected chi connectivity index (χ0v) is 13.6. The Kier molecular flexibility index (Phi) is 6.49. The van der Waals surface area contributed by atoms with Crippen LogP contribution in [0.3, 0.4) is 0 Å². The Bertz CT molecular complexity index is 838. The number of carbonyl (C=O) groups is 2. The van der Waals surface area contributed by atoms with E-state index in [9.17, 15) is 19.2 Å². The molecular weight excluding hydrogens is 300 g/mol. The summed E-state index contributed by atoms with van der Waals surface area (Å²) in [6, 6.07) is -1.00. The first-order valence-electron chi connectivity index (χ1n) is 7.39. The summed E-state index contributed by atoms with van der Waals surface area (Å²) in [5.41, 5.74) is -1.34. The quantitative estimate of drug-likeness (QED) is 0.709. The van der Waals surface area contributed by atoms with Crippen LogP contribution < -0.4 is 27.1 Å². The molecule has 1 unspecified atom stereocenters. The second kappa shape index (κ2) is 8.11. The van der Waals surface area contributed by atoms with Crippen molar-refractivity contribution in [3.8, 4) is 0 Å². The molecule has 23 heavy (non-hydrogen) atoms. The van der Waals surface area contributed by atoms with E-state index in [-0.39, 0.29) is 23.6 Å². The molecule has 1 saturated heterocycles. The van der Waals surface area contributed by atoms with Crippen molar-refractivity contribution in [1.82, 2.24) is 9.88 Å². The van der Waals surface area contributed by atoms with Gasteiger partial charge in [-0.25, -0.2) is 4.99 Å². The summed E-state index contributed by atoms with van der Waals surface area (Å²) >= 11 is 0. The summed E-state index contributed by atoms with van der Waals surface area (Å²) in [4.78, 5) is 55.2. The molecule has 1 atom stereocenters. The Morgan fingerprint density at radius 3 is 2.26 bits per heavy atom. The first-order chi connectivity index (χ1) is 11.0. The van der Waals surface area contributed by atoms with Gasteiger partial charge in [0.2, 0.25) is 11.8 Å². The monoisotopic (exact) mass is 320 g/mol. The predicted octanol–water partition coefficient (Wildman–Crippen LogP) is -0.947. The molecule has 8 nitrogen and oxygen atoms in total. The van der Waals surface area contributed by atoms with Gasteiger partial charge in [0.25, 0.3) is 11.1 Å². The average Bonchev–Trinajstić information content (AvgIpc) is 2.78. The zero-order chi connectivity index (χ0) is 17.6. The van der Waals surface area contributed by atoms with E-state index in [4.69, 9.17) is 0 Å². The van der Waals surface area contributed by atoms with Crippen LogP contribution in [0.5, 0.6) is 0 Å². The van der Waals surface area contributed by atoms with Gasteiger partial charge in [-0.05, 0) is 13.3 Å². The zero-order valence-electron chi connectivity index (χ0n) is 13.6. The average molecular weight is 320 g/mol. The number of aromatic nitrogens is 1. The van der Waals surface area contributed by atoms with Crippen LogP contribution in [0.25, 0.3) is 0 Å². The third-order valence-corrected chi connectivity index (χ3v) is 3.17. The molecule has 0 spiro atoms. The molecule has 1 N–H and O–H groups in total. The van der Waals surface area contributed by atoms with Crippen molar-refractivity contribution >= 4 is 11.8 Å². The van der Waals surface area contributed by atoms with E-state index >= 15 is 0 Å². The smallest absolute Gasteiger partial charge is 0.282 e. The van der Waals surface area contributed by atoms with Gasteiger partial charge in [0.15, 0.2) is 10.7 Å². The topological polar surface area (TPSA) is 110 Å². The second-order valence-electron chi connectivity index (χ2n) is 4.48. The molecule has 0 radical (unpaired) electrons. The molecule has 0 bridgehead atoms. The number of imide groups is 1. The molecule has 1 aromatic heterocycles. The lowest BCUT2D eigenvalue weighted by atomic mass is 10.1. The van der Waals surface area contributed by atoms with Gasteiger partial charge in [-0.15, -0.1) is 0 Å². The summed E-state index contributed by atoms with van der Waals surface area (Å²) in [7, 11) is 1.37. The van der Waals surface area contributed by atoms with E-state index in [2.05, 4.69) is 15.3 Å². The summed E-state index contributed by atoms with van der Waals surface area (Å²) in [5, 5.41) is 1.95. The Hall–Kier alpha value is -2.64. The highest BCUT2D eigenvalue weighted by atomic mass is 16.2. The highest BCUT2D eigenvalue weighted by Gasteiger charge is 2.31. The van der Waals surface area contributed by atoms with Crippen molar-refractivity contribution in [3.05, 3.63) is 43.7 Å². The van der Waals surface area contributed by atoms with Gasteiger partial charge in [0.1, 0.15) is 6.04 Å². The number of nitrogens with one attached hydrogen (secondary N) is 1. The lowest BCUT2D eigenvalue weighted by molar-refractivity contribution is -0.135. The fourth-order valence-corrected chi connectivity index (χ4v) is 2.20. The molecule has 0 aromatic carbocycles. The molecule has 2 rings (SSSR count). The number of hydrogen-bond donors (Lipinski definition) is 1. The number of hydrogen-bond acceptors (Lipinski definition) is 6. The van der Waals surface area contributed by atoms with Crippen LogP contribution in [-0.4, -0.2) is 23.4 Å². The van der Waals surface area contributed by atoms with Crippen LogP contribution in [0.1, 0.15) is 39.7 Å². The molecule has 124 valence electrons. The fraction of sp³-hybridized carbons (Fsp3) is 0.467. The number of carbonyl (C=O) groups excluding carboxylic acids is 2. The van der Waals surface area contributed by atoms with Crippen LogP contribution in [-0.2, 0) is 9.59 Å². The van der Waals surface area contributed by atoms with Crippen LogP contribution in [0.4, 0.5) is 0 Å². The summed E-state index contributed by atoms with van der Waals surface area (Å²) in [6.45, 7) is 5.71. The second-order valence-corrected chi connectivity index (χ2v) is 4.48. The highest BCUT2D eigenvalue weighted by Crippen LogP contribution is 2.14. The molecule has 1 aliphatic rings. The normalized spacial score (nSPS) is 19.7. The molecule has 1 aliphatic heterocycles. The summed E-state index contributed by atoms with van der Waals surface area (Å²) in [6.07, 6.45) is 3.16. The minimum absolute atomic E-state index is 0.0768. The summed E-state index contributed by atoms with van der Waals surface area (Å²) < 4.78 is 0.826. The van der Waals surface area contributed by atoms with Crippen LogP contribution in [0, 0.1) is 0 Å². The molecule has 1 aromatic rings. The number of amides is 2. The first-order valence-corrected chi connectivity index (χ1v) is 7.39. The standard InChI is InChI=1S/C13H14N4O4.C2H6/c1-3-6-15-10-9(14-2)12(20)17(13(10)21)7-4-5-8(18)16-11(7)19;1-2/h3,6-7H,4-5H2,1-2H3,(H,16,18,19);1-2H3/b6-3-,14-9?,15-10?;. The Morgan fingerprint density at radius 1 is 1.13 bits per heavy atom. The number of nitrogens with zero attached hydrogens (tertiary/aromatic N) is 3. The number of rotatable bonds is 2. The van der Waals surface area contributed by atoms with E-state index in [1.54, 1.807) is 13.0 Å². The van der Waals surface area contributed by atoms with E-state index < -0.39 is 29.0 Å². The highest BCUT2D eigenvalue weighted by molar-refractivity contribution is 5.99. The van der Waals surface area contributed by atoms with Gasteiger partial charge in [0, 0.05) is 19.7 Å². The fourth-order valence-electron chi connectivity index (χ4n) is 2.20. The SMILES string of the molecule is C/C=C\N=c1c(=NC)c(=O)n(C2CCC(=O)NC2=O)c1=O.CC.